The topological polar surface area (TPSA) is 62.0 Å². The van der Waals surface area contributed by atoms with Crippen LogP contribution in [0.15, 0.2) is 65.5 Å². The fourth-order valence-corrected chi connectivity index (χ4v) is 2.19. The van der Waals surface area contributed by atoms with Crippen LogP contribution in [-0.2, 0) is 4.79 Å². The van der Waals surface area contributed by atoms with E-state index in [4.69, 9.17) is 0 Å². The van der Waals surface area contributed by atoms with Gasteiger partial charge in [-0.1, -0.05) is 30.3 Å². The molecule has 0 saturated carbocycles. The van der Waals surface area contributed by atoms with Crippen molar-refractivity contribution in [2.75, 3.05) is 5.32 Å². The summed E-state index contributed by atoms with van der Waals surface area (Å²) in [5, 5.41) is 3.29. The molecule has 0 aliphatic rings. The highest BCUT2D eigenvalue weighted by Gasteiger charge is 2.04. The SMILES string of the molecule is O=C(/C=C/c1cc2ccccc2[nH]c1=O)Nc1ccccc1F. The van der Waals surface area contributed by atoms with Crippen molar-refractivity contribution < 1.29 is 9.18 Å². The molecule has 0 unspecified atom stereocenters. The van der Waals surface area contributed by atoms with Crippen LogP contribution < -0.4 is 10.9 Å². The molecule has 0 aliphatic heterocycles. The summed E-state index contributed by atoms with van der Waals surface area (Å²) in [7, 11) is 0. The number of benzene rings is 2. The van der Waals surface area contributed by atoms with E-state index in [-0.39, 0.29) is 11.2 Å². The summed E-state index contributed by atoms with van der Waals surface area (Å²) in [6.07, 6.45) is 2.60. The standard InChI is InChI=1S/C18H13FN2O2/c19-14-6-2-4-8-16(14)20-17(22)10-9-13-11-12-5-1-3-7-15(12)21-18(13)23/h1-11H,(H,20,22)(H,21,23)/b10-9+. The number of carbonyl (C=O) groups is 1. The molecule has 2 aromatic carbocycles. The second-order valence-corrected chi connectivity index (χ2v) is 4.94. The number of H-pyrrole nitrogens is 1. The first-order valence-corrected chi connectivity index (χ1v) is 6.99. The maximum absolute atomic E-state index is 13.5. The van der Waals surface area contributed by atoms with Crippen LogP contribution in [-0.4, -0.2) is 10.9 Å². The van der Waals surface area contributed by atoms with Gasteiger partial charge in [-0.3, -0.25) is 9.59 Å². The predicted molar refractivity (Wildman–Crippen MR) is 88.6 cm³/mol. The van der Waals surface area contributed by atoms with E-state index in [0.29, 0.717) is 5.56 Å². The lowest BCUT2D eigenvalue weighted by molar-refractivity contribution is -0.111. The average Bonchev–Trinajstić information content (AvgIpc) is 2.55. The number of rotatable bonds is 3. The quantitative estimate of drug-likeness (QED) is 0.729. The molecule has 3 rings (SSSR count). The second-order valence-electron chi connectivity index (χ2n) is 4.94. The van der Waals surface area contributed by atoms with Crippen LogP contribution in [0.1, 0.15) is 5.56 Å². The average molecular weight is 308 g/mol. The number of anilines is 1. The van der Waals surface area contributed by atoms with Gasteiger partial charge in [0.05, 0.1) is 5.69 Å². The van der Waals surface area contributed by atoms with Crippen LogP contribution in [0.5, 0.6) is 0 Å². The molecule has 114 valence electrons. The number of pyridine rings is 1. The highest BCUT2D eigenvalue weighted by atomic mass is 19.1. The van der Waals surface area contributed by atoms with Gasteiger partial charge in [-0.2, -0.15) is 0 Å². The monoisotopic (exact) mass is 308 g/mol. The molecule has 1 heterocycles. The largest absolute Gasteiger partial charge is 0.321 e. The molecular weight excluding hydrogens is 295 g/mol. The van der Waals surface area contributed by atoms with E-state index in [2.05, 4.69) is 10.3 Å². The normalized spacial score (nSPS) is 11.0. The molecule has 0 radical (unpaired) electrons. The number of amides is 1. The van der Waals surface area contributed by atoms with Crippen molar-refractivity contribution in [3.63, 3.8) is 0 Å². The Balaban J connectivity index is 1.82. The third-order valence-electron chi connectivity index (χ3n) is 3.33. The Kier molecular flexibility index (Phi) is 4.01. The number of para-hydroxylation sites is 2. The van der Waals surface area contributed by atoms with Gasteiger partial charge < -0.3 is 10.3 Å². The first-order valence-electron chi connectivity index (χ1n) is 6.99. The maximum Gasteiger partial charge on any atom is 0.255 e. The number of carbonyl (C=O) groups excluding carboxylic acids is 1. The Morgan fingerprint density at radius 1 is 1.09 bits per heavy atom. The third-order valence-corrected chi connectivity index (χ3v) is 3.33. The highest BCUT2D eigenvalue weighted by molar-refractivity contribution is 6.02. The minimum absolute atomic E-state index is 0.0922. The van der Waals surface area contributed by atoms with Crippen LogP contribution in [0.4, 0.5) is 10.1 Å². The maximum atomic E-state index is 13.5. The third kappa shape index (κ3) is 3.35. The summed E-state index contributed by atoms with van der Waals surface area (Å²) in [5.41, 5.74) is 0.881. The van der Waals surface area contributed by atoms with Crippen molar-refractivity contribution in [1.82, 2.24) is 4.98 Å². The van der Waals surface area contributed by atoms with Crippen molar-refractivity contribution in [2.45, 2.75) is 0 Å². The number of fused-ring (bicyclic) bond motifs is 1. The molecule has 0 fully saturated rings. The molecule has 0 bridgehead atoms. The van der Waals surface area contributed by atoms with Crippen molar-refractivity contribution >= 4 is 28.6 Å². The zero-order valence-corrected chi connectivity index (χ0v) is 12.0. The Labute approximate surface area is 131 Å². The van der Waals surface area contributed by atoms with Crippen molar-refractivity contribution in [3.05, 3.63) is 82.4 Å². The molecule has 0 aliphatic carbocycles. The summed E-state index contributed by atoms with van der Waals surface area (Å²) in [6.45, 7) is 0. The van der Waals surface area contributed by atoms with E-state index in [1.807, 2.05) is 18.2 Å². The second kappa shape index (κ2) is 6.27. The van der Waals surface area contributed by atoms with Crippen LogP contribution in [0.3, 0.4) is 0 Å². The van der Waals surface area contributed by atoms with Gasteiger partial charge in [-0.25, -0.2) is 4.39 Å². The Morgan fingerprint density at radius 3 is 2.65 bits per heavy atom. The van der Waals surface area contributed by atoms with E-state index in [9.17, 15) is 14.0 Å². The highest BCUT2D eigenvalue weighted by Crippen LogP contribution is 2.13. The van der Waals surface area contributed by atoms with Gasteiger partial charge in [0.15, 0.2) is 0 Å². The van der Waals surface area contributed by atoms with Gasteiger partial charge in [0, 0.05) is 17.2 Å². The number of hydrogen-bond acceptors (Lipinski definition) is 2. The molecule has 5 heteroatoms. The van der Waals surface area contributed by atoms with E-state index in [0.717, 1.165) is 10.9 Å². The Hall–Kier alpha value is -3.21. The number of halogens is 1. The zero-order valence-electron chi connectivity index (χ0n) is 12.0. The van der Waals surface area contributed by atoms with Gasteiger partial charge >= 0.3 is 0 Å². The first kappa shape index (κ1) is 14.7. The van der Waals surface area contributed by atoms with Crippen molar-refractivity contribution in [1.29, 1.82) is 0 Å². The molecule has 0 saturated heterocycles. The fraction of sp³-hybridized carbons (Fsp3) is 0. The lowest BCUT2D eigenvalue weighted by Crippen LogP contribution is -2.11. The summed E-state index contributed by atoms with van der Waals surface area (Å²) in [6, 6.07) is 14.9. The molecule has 2 N–H and O–H groups in total. The van der Waals surface area contributed by atoms with Gasteiger partial charge in [-0.05, 0) is 35.7 Å². The molecule has 23 heavy (non-hydrogen) atoms. The lowest BCUT2D eigenvalue weighted by Gasteiger charge is -2.03. The predicted octanol–water partition coefficient (Wildman–Crippen LogP) is 3.32. The van der Waals surface area contributed by atoms with Crippen LogP contribution in [0.25, 0.3) is 17.0 Å². The fourth-order valence-electron chi connectivity index (χ4n) is 2.19. The van der Waals surface area contributed by atoms with E-state index in [1.54, 1.807) is 18.2 Å². The molecule has 0 spiro atoms. The first-order chi connectivity index (χ1) is 11.1. The number of aromatic nitrogens is 1. The zero-order chi connectivity index (χ0) is 16.2. The van der Waals surface area contributed by atoms with E-state index >= 15 is 0 Å². The lowest BCUT2D eigenvalue weighted by atomic mass is 10.1. The van der Waals surface area contributed by atoms with Gasteiger partial charge in [0.2, 0.25) is 5.91 Å². The molecule has 3 aromatic rings. The molecule has 1 amide bonds. The molecular formula is C18H13FN2O2. The molecule has 4 nitrogen and oxygen atoms in total. The Morgan fingerprint density at radius 2 is 1.83 bits per heavy atom. The smallest absolute Gasteiger partial charge is 0.255 e. The van der Waals surface area contributed by atoms with Crippen LogP contribution in [0, 0.1) is 5.82 Å². The minimum atomic E-state index is -0.516. The summed E-state index contributed by atoms with van der Waals surface area (Å²) in [4.78, 5) is 26.5. The van der Waals surface area contributed by atoms with E-state index < -0.39 is 11.7 Å². The van der Waals surface area contributed by atoms with Crippen molar-refractivity contribution in [3.8, 4) is 0 Å². The van der Waals surface area contributed by atoms with Gasteiger partial charge in [0.25, 0.3) is 5.56 Å². The van der Waals surface area contributed by atoms with Gasteiger partial charge in [-0.15, -0.1) is 0 Å². The van der Waals surface area contributed by atoms with Crippen molar-refractivity contribution in [2.24, 2.45) is 0 Å². The molecule has 1 aromatic heterocycles. The number of hydrogen-bond donors (Lipinski definition) is 2. The summed E-state index contributed by atoms with van der Waals surface area (Å²) < 4.78 is 13.5. The number of aromatic amines is 1. The van der Waals surface area contributed by atoms with Gasteiger partial charge in [0.1, 0.15) is 5.82 Å². The van der Waals surface area contributed by atoms with E-state index in [1.165, 1.54) is 30.4 Å². The van der Waals surface area contributed by atoms with Crippen LogP contribution >= 0.6 is 0 Å². The van der Waals surface area contributed by atoms with Crippen LogP contribution in [0.2, 0.25) is 0 Å². The number of nitrogens with one attached hydrogen (secondary N) is 2. The summed E-state index contributed by atoms with van der Waals surface area (Å²) in [5.74, 6) is -1.03. The Bertz CT molecular complexity index is 960. The summed E-state index contributed by atoms with van der Waals surface area (Å²) >= 11 is 0. The molecule has 0 atom stereocenters. The minimum Gasteiger partial charge on any atom is -0.321 e.